The molecule has 144 valence electrons. The van der Waals surface area contributed by atoms with Gasteiger partial charge in [-0.25, -0.2) is 0 Å². The highest BCUT2D eigenvalue weighted by molar-refractivity contribution is 14.0. The van der Waals surface area contributed by atoms with Crippen molar-refractivity contribution in [2.75, 3.05) is 13.1 Å². The van der Waals surface area contributed by atoms with Gasteiger partial charge in [0.25, 0.3) is 0 Å². The van der Waals surface area contributed by atoms with Crippen LogP contribution in [0.25, 0.3) is 0 Å². The van der Waals surface area contributed by atoms with Gasteiger partial charge in [0, 0.05) is 23.9 Å². The molecule has 1 aliphatic carbocycles. The van der Waals surface area contributed by atoms with Crippen molar-refractivity contribution < 1.29 is 9.52 Å². The molecule has 26 heavy (non-hydrogen) atoms. The van der Waals surface area contributed by atoms with Crippen molar-refractivity contribution in [3.8, 4) is 0 Å². The van der Waals surface area contributed by atoms with Crippen molar-refractivity contribution >= 4 is 52.9 Å². The Morgan fingerprint density at radius 2 is 2.15 bits per heavy atom. The second-order valence-corrected chi connectivity index (χ2v) is 7.98. The van der Waals surface area contributed by atoms with E-state index < -0.39 is 6.10 Å². The van der Waals surface area contributed by atoms with E-state index in [0.717, 1.165) is 29.6 Å². The monoisotopic (exact) mass is 509 g/mol. The van der Waals surface area contributed by atoms with Crippen LogP contribution in [-0.4, -0.2) is 30.2 Å². The minimum Gasteiger partial charge on any atom is -0.469 e. The maximum absolute atomic E-state index is 10.3. The largest absolute Gasteiger partial charge is 0.469 e. The zero-order valence-electron chi connectivity index (χ0n) is 14.5. The number of aliphatic imine (C=N–C) groups is 1. The summed E-state index contributed by atoms with van der Waals surface area (Å²) >= 11 is 7.33. The van der Waals surface area contributed by atoms with Crippen molar-refractivity contribution in [1.82, 2.24) is 10.6 Å². The number of thiophene rings is 1. The molecule has 1 fully saturated rings. The van der Waals surface area contributed by atoms with Gasteiger partial charge in [-0.05, 0) is 37.1 Å². The molecule has 0 radical (unpaired) electrons. The molecule has 2 aromatic heterocycles. The molecule has 0 bridgehead atoms. The van der Waals surface area contributed by atoms with E-state index in [2.05, 4.69) is 15.6 Å². The molecule has 1 atom stereocenters. The summed E-state index contributed by atoms with van der Waals surface area (Å²) in [5.74, 6) is 1.70. The number of guanidine groups is 1. The Morgan fingerprint density at radius 3 is 2.81 bits per heavy atom. The van der Waals surface area contributed by atoms with Gasteiger partial charge in [0.2, 0.25) is 0 Å². The van der Waals surface area contributed by atoms with Gasteiger partial charge in [0.1, 0.15) is 11.9 Å². The summed E-state index contributed by atoms with van der Waals surface area (Å²) in [6.45, 7) is 1.03. The molecule has 2 heterocycles. The van der Waals surface area contributed by atoms with Gasteiger partial charge in [-0.15, -0.1) is 35.3 Å². The first kappa shape index (κ1) is 21.5. The second kappa shape index (κ2) is 11.2. The van der Waals surface area contributed by atoms with E-state index in [1.807, 2.05) is 18.2 Å². The molecular weight excluding hydrogens is 485 g/mol. The second-order valence-electron chi connectivity index (χ2n) is 6.23. The third-order valence-corrected chi connectivity index (χ3v) is 5.62. The van der Waals surface area contributed by atoms with Crippen LogP contribution in [0, 0.1) is 0 Å². The summed E-state index contributed by atoms with van der Waals surface area (Å²) in [4.78, 5) is 5.41. The molecule has 5 nitrogen and oxygen atoms in total. The van der Waals surface area contributed by atoms with Crippen LogP contribution in [-0.2, 0) is 6.42 Å². The van der Waals surface area contributed by atoms with E-state index in [1.54, 1.807) is 12.3 Å². The highest BCUT2D eigenvalue weighted by atomic mass is 127. The van der Waals surface area contributed by atoms with E-state index in [9.17, 15) is 5.11 Å². The average Bonchev–Trinajstić information content (AvgIpc) is 3.35. The third-order valence-electron chi connectivity index (χ3n) is 4.28. The zero-order valence-corrected chi connectivity index (χ0v) is 18.4. The maximum Gasteiger partial charge on any atom is 0.191 e. The molecule has 3 N–H and O–H groups in total. The highest BCUT2D eigenvalue weighted by Gasteiger charge is 2.17. The van der Waals surface area contributed by atoms with Crippen LogP contribution in [0.2, 0.25) is 4.34 Å². The number of hydrogen-bond acceptors (Lipinski definition) is 4. The van der Waals surface area contributed by atoms with Crippen LogP contribution in [0.5, 0.6) is 0 Å². The number of rotatable bonds is 7. The number of halogens is 2. The Labute approximate surface area is 180 Å². The predicted octanol–water partition coefficient (Wildman–Crippen LogP) is 4.37. The van der Waals surface area contributed by atoms with Crippen LogP contribution in [0.15, 0.2) is 39.9 Å². The lowest BCUT2D eigenvalue weighted by Gasteiger charge is -2.18. The molecule has 1 saturated carbocycles. The third kappa shape index (κ3) is 6.75. The fraction of sp³-hybridized carbons (Fsp3) is 0.500. The molecule has 1 unspecified atom stereocenters. The molecule has 0 aromatic carbocycles. The summed E-state index contributed by atoms with van der Waals surface area (Å²) in [7, 11) is 0. The smallest absolute Gasteiger partial charge is 0.191 e. The predicted molar refractivity (Wildman–Crippen MR) is 118 cm³/mol. The van der Waals surface area contributed by atoms with Crippen LogP contribution < -0.4 is 10.6 Å². The molecule has 3 rings (SSSR count). The van der Waals surface area contributed by atoms with Gasteiger partial charge in [0.15, 0.2) is 5.96 Å². The molecule has 1 aliphatic rings. The minimum atomic E-state index is -0.634. The summed E-state index contributed by atoms with van der Waals surface area (Å²) < 4.78 is 6.04. The number of aliphatic hydroxyl groups is 1. The molecule has 0 amide bonds. The Hall–Kier alpha value is -0.770. The average molecular weight is 510 g/mol. The molecule has 8 heteroatoms. The lowest BCUT2D eigenvalue weighted by molar-refractivity contribution is 0.191. The van der Waals surface area contributed by atoms with Gasteiger partial charge in [-0.2, -0.15) is 0 Å². The maximum atomic E-state index is 10.3. The number of nitrogens with one attached hydrogen (secondary N) is 2. The summed E-state index contributed by atoms with van der Waals surface area (Å²) in [5.41, 5.74) is 0. The topological polar surface area (TPSA) is 69.8 Å². The SMILES string of the molecule is I.OC(CN=C(NCCc1ccco1)NC1CCCC1)c1ccc(Cl)s1. The van der Waals surface area contributed by atoms with Crippen molar-refractivity contribution in [3.05, 3.63) is 45.5 Å². The number of furan rings is 1. The first-order valence-electron chi connectivity index (χ1n) is 8.71. The Bertz CT molecular complexity index is 672. The van der Waals surface area contributed by atoms with Crippen molar-refractivity contribution in [3.63, 3.8) is 0 Å². The minimum absolute atomic E-state index is 0. The summed E-state index contributed by atoms with van der Waals surface area (Å²) in [6, 6.07) is 7.97. The van der Waals surface area contributed by atoms with Crippen LogP contribution in [0.1, 0.15) is 42.4 Å². The lowest BCUT2D eigenvalue weighted by atomic mass is 10.2. The molecule has 0 spiro atoms. The van der Waals surface area contributed by atoms with Crippen LogP contribution in [0.4, 0.5) is 0 Å². The van der Waals surface area contributed by atoms with E-state index in [1.165, 1.54) is 37.0 Å². The standard InChI is InChI=1S/C18H24ClN3O2S.HI/c19-17-8-7-16(25-17)15(23)12-21-18(22-13-4-1-2-5-13)20-10-9-14-6-3-11-24-14;/h3,6-8,11,13,15,23H,1-2,4-5,9-10,12H2,(H2,20,21,22);1H. The van der Waals surface area contributed by atoms with E-state index >= 15 is 0 Å². The number of aliphatic hydroxyl groups excluding tert-OH is 1. The van der Waals surface area contributed by atoms with Crippen LogP contribution >= 0.6 is 46.9 Å². The quantitative estimate of drug-likeness (QED) is 0.295. The van der Waals surface area contributed by atoms with E-state index in [4.69, 9.17) is 16.0 Å². The molecule has 0 saturated heterocycles. The van der Waals surface area contributed by atoms with Gasteiger partial charge >= 0.3 is 0 Å². The number of hydrogen-bond donors (Lipinski definition) is 3. The summed E-state index contributed by atoms with van der Waals surface area (Å²) in [5, 5.41) is 17.1. The lowest BCUT2D eigenvalue weighted by Crippen LogP contribution is -2.43. The Morgan fingerprint density at radius 1 is 1.35 bits per heavy atom. The Balaban J connectivity index is 0.00000243. The normalized spacial score (nSPS) is 16.3. The molecule has 0 aliphatic heterocycles. The van der Waals surface area contributed by atoms with E-state index in [0.29, 0.717) is 16.9 Å². The van der Waals surface area contributed by atoms with Crippen LogP contribution in [0.3, 0.4) is 0 Å². The zero-order chi connectivity index (χ0) is 17.5. The fourth-order valence-electron chi connectivity index (χ4n) is 2.95. The van der Waals surface area contributed by atoms with Gasteiger partial charge in [-0.3, -0.25) is 4.99 Å². The van der Waals surface area contributed by atoms with Gasteiger partial charge < -0.3 is 20.2 Å². The first-order chi connectivity index (χ1) is 12.2. The molecular formula is C18H25ClIN3O2S. The van der Waals surface area contributed by atoms with Crippen molar-refractivity contribution in [2.45, 2.75) is 44.2 Å². The number of nitrogens with zero attached hydrogens (tertiary/aromatic N) is 1. The summed E-state index contributed by atoms with van der Waals surface area (Å²) in [6.07, 6.45) is 6.70. The Kier molecular flexibility index (Phi) is 9.24. The highest BCUT2D eigenvalue weighted by Crippen LogP contribution is 2.27. The fourth-order valence-corrected chi connectivity index (χ4v) is 3.99. The van der Waals surface area contributed by atoms with Crippen molar-refractivity contribution in [2.24, 2.45) is 4.99 Å². The van der Waals surface area contributed by atoms with Crippen molar-refractivity contribution in [1.29, 1.82) is 0 Å². The van der Waals surface area contributed by atoms with E-state index in [-0.39, 0.29) is 24.0 Å². The first-order valence-corrected chi connectivity index (χ1v) is 9.90. The van der Waals surface area contributed by atoms with Gasteiger partial charge in [-0.1, -0.05) is 24.4 Å². The molecule has 2 aromatic rings. The van der Waals surface area contributed by atoms with Gasteiger partial charge in [0.05, 0.1) is 17.1 Å².